The van der Waals surface area contributed by atoms with Crippen molar-refractivity contribution in [2.45, 2.75) is 13.3 Å². The van der Waals surface area contributed by atoms with E-state index in [4.69, 9.17) is 10.4 Å². The zero-order valence-electron chi connectivity index (χ0n) is 10.9. The lowest BCUT2D eigenvalue weighted by atomic mass is 10.3. The zero-order chi connectivity index (χ0) is 14.4. The quantitative estimate of drug-likeness (QED) is 0.583. The second-order valence-corrected chi connectivity index (χ2v) is 5.06. The van der Waals surface area contributed by atoms with Gasteiger partial charge in [-0.25, -0.2) is 4.98 Å². The third-order valence-electron chi connectivity index (χ3n) is 2.52. The van der Waals surface area contributed by atoms with Crippen molar-refractivity contribution in [2.24, 2.45) is 0 Å². The Balaban J connectivity index is 1.87. The summed E-state index contributed by atoms with van der Waals surface area (Å²) >= 11 is 1.48. The number of nitrogens with one attached hydrogen (secondary N) is 2. The average Bonchev–Trinajstić information content (AvgIpc) is 2.78. The highest BCUT2D eigenvalue weighted by molar-refractivity contribution is 7.15. The number of nitrogens with zero attached hydrogens (tertiary/aromatic N) is 2. The van der Waals surface area contributed by atoms with E-state index < -0.39 is 0 Å². The van der Waals surface area contributed by atoms with Crippen LogP contribution in [0.5, 0.6) is 0 Å². The Morgan fingerprint density at radius 1 is 1.25 bits per heavy atom. The molecule has 4 N–H and O–H groups in total. The SMILES string of the molecule is Cc1nc(NNc2ccccc2)sc1CCON(O)O. The number of thiazole rings is 1. The fourth-order valence-corrected chi connectivity index (χ4v) is 2.48. The standard InChI is InChI=1S/C12H16N4O3S/c1-9-11(7-8-19-16(17)18)20-12(13-9)15-14-10-5-3-2-4-6-10/h2-6,14,17-18H,7-8H2,1H3,(H,13,15). The van der Waals surface area contributed by atoms with Crippen molar-refractivity contribution in [3.05, 3.63) is 40.9 Å². The second-order valence-electron chi connectivity index (χ2n) is 3.98. The maximum atomic E-state index is 8.45. The Bertz CT molecular complexity index is 533. The molecule has 0 unspecified atom stereocenters. The van der Waals surface area contributed by atoms with Gasteiger partial charge in [-0.05, 0) is 19.1 Å². The topological polar surface area (TPSA) is 89.9 Å². The molecule has 0 atom stereocenters. The number of aryl methyl sites for hydroxylation is 1. The number of aromatic nitrogens is 1. The van der Waals surface area contributed by atoms with E-state index in [1.165, 1.54) is 11.3 Å². The minimum Gasteiger partial charge on any atom is -0.299 e. The van der Waals surface area contributed by atoms with E-state index in [2.05, 4.69) is 20.7 Å². The largest absolute Gasteiger partial charge is 0.299 e. The molecule has 1 aromatic heterocycles. The normalized spacial score (nSPS) is 10.8. The number of hydrogen-bond acceptors (Lipinski definition) is 8. The predicted octanol–water partition coefficient (Wildman–Crippen LogP) is 2.45. The van der Waals surface area contributed by atoms with E-state index in [9.17, 15) is 0 Å². The second kappa shape index (κ2) is 7.17. The van der Waals surface area contributed by atoms with Crippen LogP contribution in [0.25, 0.3) is 0 Å². The average molecular weight is 296 g/mol. The van der Waals surface area contributed by atoms with E-state index in [1.54, 1.807) is 0 Å². The molecule has 2 rings (SSSR count). The van der Waals surface area contributed by atoms with Gasteiger partial charge in [0.05, 0.1) is 23.4 Å². The summed E-state index contributed by atoms with van der Waals surface area (Å²) in [5.41, 5.74) is 7.92. The Hall–Kier alpha value is -1.71. The molecule has 0 spiro atoms. The molecule has 0 saturated carbocycles. The molecule has 108 valence electrons. The molecule has 0 bridgehead atoms. The van der Waals surface area contributed by atoms with Crippen molar-refractivity contribution in [1.82, 2.24) is 10.4 Å². The van der Waals surface area contributed by atoms with Crippen LogP contribution in [0.15, 0.2) is 30.3 Å². The molecule has 0 aliphatic heterocycles. The van der Waals surface area contributed by atoms with Crippen molar-refractivity contribution in [3.8, 4) is 0 Å². The van der Waals surface area contributed by atoms with E-state index in [-0.39, 0.29) is 12.0 Å². The number of hydrazine groups is 1. The molecule has 1 heterocycles. The molecule has 0 fully saturated rings. The van der Waals surface area contributed by atoms with Crippen LogP contribution in [0.1, 0.15) is 10.6 Å². The fourth-order valence-electron chi connectivity index (χ4n) is 1.58. The summed E-state index contributed by atoms with van der Waals surface area (Å²) in [7, 11) is 0. The van der Waals surface area contributed by atoms with Crippen molar-refractivity contribution < 1.29 is 15.3 Å². The maximum absolute atomic E-state index is 8.45. The Labute approximate surface area is 120 Å². The first kappa shape index (κ1) is 14.7. The van der Waals surface area contributed by atoms with Crippen molar-refractivity contribution in [1.29, 1.82) is 0 Å². The predicted molar refractivity (Wildman–Crippen MR) is 75.6 cm³/mol. The van der Waals surface area contributed by atoms with Crippen LogP contribution in [0.2, 0.25) is 0 Å². The summed E-state index contributed by atoms with van der Waals surface area (Å²) in [5, 5.41) is 17.4. The molecule has 8 heteroatoms. The van der Waals surface area contributed by atoms with Gasteiger partial charge in [0, 0.05) is 11.3 Å². The van der Waals surface area contributed by atoms with Crippen molar-refractivity contribution in [3.63, 3.8) is 0 Å². The van der Waals surface area contributed by atoms with Gasteiger partial charge in [-0.2, -0.15) is 0 Å². The van der Waals surface area contributed by atoms with Gasteiger partial charge < -0.3 is 0 Å². The lowest BCUT2D eigenvalue weighted by molar-refractivity contribution is -0.492. The lowest BCUT2D eigenvalue weighted by Crippen LogP contribution is -2.16. The molecule has 0 radical (unpaired) electrons. The van der Waals surface area contributed by atoms with Gasteiger partial charge in [0.15, 0.2) is 0 Å². The summed E-state index contributed by atoms with van der Waals surface area (Å²) in [6.45, 7) is 2.07. The Morgan fingerprint density at radius 3 is 2.70 bits per heavy atom. The molecule has 0 aliphatic rings. The van der Waals surface area contributed by atoms with Crippen LogP contribution in [-0.2, 0) is 11.3 Å². The molecular weight excluding hydrogens is 280 g/mol. The van der Waals surface area contributed by atoms with Crippen molar-refractivity contribution >= 4 is 22.2 Å². The summed E-state index contributed by atoms with van der Waals surface area (Å²) in [6.07, 6.45) is 0.550. The molecule has 20 heavy (non-hydrogen) atoms. The summed E-state index contributed by atoms with van der Waals surface area (Å²) in [6, 6.07) is 9.71. The minimum atomic E-state index is -0.285. The molecule has 0 aliphatic carbocycles. The van der Waals surface area contributed by atoms with Gasteiger partial charge >= 0.3 is 0 Å². The molecule has 2 aromatic rings. The van der Waals surface area contributed by atoms with Crippen molar-refractivity contribution in [2.75, 3.05) is 17.5 Å². The lowest BCUT2D eigenvalue weighted by Gasteiger charge is -2.05. The van der Waals surface area contributed by atoms with Gasteiger partial charge in [-0.3, -0.25) is 26.1 Å². The smallest absolute Gasteiger partial charge is 0.202 e. The third kappa shape index (κ3) is 4.44. The summed E-state index contributed by atoms with van der Waals surface area (Å²) in [4.78, 5) is 9.92. The number of hydrogen-bond donors (Lipinski definition) is 4. The van der Waals surface area contributed by atoms with Crippen LogP contribution >= 0.6 is 11.3 Å². The van der Waals surface area contributed by atoms with Gasteiger partial charge in [0.2, 0.25) is 5.13 Å². The molecule has 0 saturated heterocycles. The summed E-state index contributed by atoms with van der Waals surface area (Å²) < 4.78 is 0. The number of para-hydroxylation sites is 1. The highest BCUT2D eigenvalue weighted by Crippen LogP contribution is 2.23. The molecule has 1 aromatic carbocycles. The highest BCUT2D eigenvalue weighted by atomic mass is 32.1. The Kier molecular flexibility index (Phi) is 5.27. The van der Waals surface area contributed by atoms with E-state index in [1.807, 2.05) is 37.3 Å². The first-order valence-electron chi connectivity index (χ1n) is 5.99. The van der Waals surface area contributed by atoms with Gasteiger partial charge in [0.25, 0.3) is 0 Å². The van der Waals surface area contributed by atoms with Crippen LogP contribution in [0, 0.1) is 6.92 Å². The number of anilines is 2. The monoisotopic (exact) mass is 296 g/mol. The van der Waals surface area contributed by atoms with E-state index >= 15 is 0 Å². The number of benzene rings is 1. The van der Waals surface area contributed by atoms with Gasteiger partial charge in [-0.15, -0.1) is 11.3 Å². The van der Waals surface area contributed by atoms with Crippen LogP contribution in [0.3, 0.4) is 0 Å². The highest BCUT2D eigenvalue weighted by Gasteiger charge is 2.08. The van der Waals surface area contributed by atoms with E-state index in [0.29, 0.717) is 6.42 Å². The molecular formula is C12H16N4O3S. The zero-order valence-corrected chi connectivity index (χ0v) is 11.7. The molecule has 0 amide bonds. The Morgan fingerprint density at radius 2 is 2.00 bits per heavy atom. The van der Waals surface area contributed by atoms with Gasteiger partial charge in [0.1, 0.15) is 0 Å². The summed E-state index contributed by atoms with van der Waals surface area (Å²) in [5.74, 6) is 0. The maximum Gasteiger partial charge on any atom is 0.202 e. The van der Waals surface area contributed by atoms with Crippen LogP contribution < -0.4 is 10.9 Å². The van der Waals surface area contributed by atoms with Crippen LogP contribution in [0.4, 0.5) is 10.8 Å². The first-order valence-corrected chi connectivity index (χ1v) is 6.81. The third-order valence-corrected chi connectivity index (χ3v) is 3.65. The van der Waals surface area contributed by atoms with Crippen LogP contribution in [-0.4, -0.2) is 27.4 Å². The van der Waals surface area contributed by atoms with Gasteiger partial charge in [-0.1, -0.05) is 18.2 Å². The first-order chi connectivity index (χ1) is 9.65. The fraction of sp³-hybridized carbons (Fsp3) is 0.250. The molecule has 7 nitrogen and oxygen atoms in total. The minimum absolute atomic E-state index is 0.168. The van der Waals surface area contributed by atoms with E-state index in [0.717, 1.165) is 21.4 Å². The number of rotatable bonds is 7.